The minimum absolute atomic E-state index is 0.0808. The van der Waals surface area contributed by atoms with Crippen molar-refractivity contribution in [3.8, 4) is 11.5 Å². The highest BCUT2D eigenvalue weighted by Gasteiger charge is 2.36. The number of ether oxygens (including phenoxy) is 1. The van der Waals surface area contributed by atoms with Crippen LogP contribution in [0.15, 0.2) is 49.1 Å². The summed E-state index contributed by atoms with van der Waals surface area (Å²) in [5.74, 6) is -0.538. The lowest BCUT2D eigenvalue weighted by molar-refractivity contribution is -0.386. The molecule has 0 radical (unpaired) electrons. The van der Waals surface area contributed by atoms with Crippen molar-refractivity contribution in [1.82, 2.24) is 4.90 Å². The Morgan fingerprint density at radius 2 is 2.15 bits per heavy atom. The Kier molecular flexibility index (Phi) is 4.49. The van der Waals surface area contributed by atoms with Gasteiger partial charge in [0.05, 0.1) is 29.2 Å². The number of phenolic OH excluding ortho intramolecular Hbond substituents is 1. The van der Waals surface area contributed by atoms with Gasteiger partial charge in [0, 0.05) is 12.2 Å². The number of carbonyl (C=O) groups excluding carboxylic acids is 1. The molecule has 0 saturated heterocycles. The highest BCUT2D eigenvalue weighted by Crippen LogP contribution is 2.41. The van der Waals surface area contributed by atoms with Gasteiger partial charge >= 0.3 is 0 Å². The molecule has 0 spiro atoms. The highest BCUT2D eigenvalue weighted by molar-refractivity contribution is 6.01. The molecule has 1 amide bonds. The van der Waals surface area contributed by atoms with Gasteiger partial charge in [-0.05, 0) is 18.2 Å². The lowest BCUT2D eigenvalue weighted by Gasteiger charge is -2.37. The van der Waals surface area contributed by atoms with Crippen LogP contribution in [0.2, 0.25) is 0 Å². The molecule has 3 rings (SSSR count). The second kappa shape index (κ2) is 6.75. The number of rotatable bonds is 5. The van der Waals surface area contributed by atoms with Crippen LogP contribution in [0.3, 0.4) is 0 Å². The second-order valence-corrected chi connectivity index (χ2v) is 5.68. The molecule has 0 aliphatic carbocycles. The molecule has 2 aromatic carbocycles. The number of methoxy groups -OCH3 is 1. The van der Waals surface area contributed by atoms with Crippen LogP contribution in [0.5, 0.6) is 11.5 Å². The Labute approximate surface area is 149 Å². The van der Waals surface area contributed by atoms with Crippen LogP contribution in [0.25, 0.3) is 0 Å². The predicted molar refractivity (Wildman–Crippen MR) is 95.4 cm³/mol. The van der Waals surface area contributed by atoms with Crippen LogP contribution < -0.4 is 10.1 Å². The monoisotopic (exact) mass is 355 g/mol. The minimum Gasteiger partial charge on any atom is -0.504 e. The molecule has 1 aliphatic heterocycles. The van der Waals surface area contributed by atoms with Gasteiger partial charge in [-0.3, -0.25) is 14.9 Å². The molecule has 1 atom stereocenters. The second-order valence-electron chi connectivity index (χ2n) is 5.68. The first-order chi connectivity index (χ1) is 12.5. The number of carbonyl (C=O) groups is 1. The molecular weight excluding hydrogens is 338 g/mol. The van der Waals surface area contributed by atoms with Crippen molar-refractivity contribution in [2.45, 2.75) is 6.17 Å². The van der Waals surface area contributed by atoms with E-state index in [1.165, 1.54) is 18.1 Å². The van der Waals surface area contributed by atoms with E-state index in [4.69, 9.17) is 4.74 Å². The third-order valence-corrected chi connectivity index (χ3v) is 4.17. The Morgan fingerprint density at radius 1 is 1.42 bits per heavy atom. The SMILES string of the molecule is C=CCN1C(=O)c2ccccc2NC1c1cc(OC)c(O)cc1[N+](=O)[O-]. The summed E-state index contributed by atoms with van der Waals surface area (Å²) in [5.41, 5.74) is 0.930. The van der Waals surface area contributed by atoms with Gasteiger partial charge in [-0.2, -0.15) is 0 Å². The molecule has 0 fully saturated rings. The molecule has 2 N–H and O–H groups in total. The third-order valence-electron chi connectivity index (χ3n) is 4.17. The van der Waals surface area contributed by atoms with Gasteiger partial charge in [-0.25, -0.2) is 0 Å². The van der Waals surface area contributed by atoms with Crippen LogP contribution in [0.1, 0.15) is 22.1 Å². The fourth-order valence-corrected chi connectivity index (χ4v) is 2.98. The quantitative estimate of drug-likeness (QED) is 0.485. The summed E-state index contributed by atoms with van der Waals surface area (Å²) in [5, 5.41) is 24.6. The summed E-state index contributed by atoms with van der Waals surface area (Å²) in [7, 11) is 1.35. The highest BCUT2D eigenvalue weighted by atomic mass is 16.6. The number of nitro benzene ring substituents is 1. The van der Waals surface area contributed by atoms with E-state index in [0.29, 0.717) is 11.3 Å². The number of nitrogens with zero attached hydrogens (tertiary/aromatic N) is 2. The maximum absolute atomic E-state index is 12.9. The number of amides is 1. The average molecular weight is 355 g/mol. The van der Waals surface area contributed by atoms with Gasteiger partial charge in [0.2, 0.25) is 0 Å². The molecule has 134 valence electrons. The van der Waals surface area contributed by atoms with Gasteiger partial charge in [-0.1, -0.05) is 18.2 Å². The minimum atomic E-state index is -0.815. The lowest BCUT2D eigenvalue weighted by atomic mass is 10.0. The molecular formula is C18H17N3O5. The summed E-state index contributed by atoms with van der Waals surface area (Å²) < 4.78 is 5.08. The van der Waals surface area contributed by atoms with Crippen molar-refractivity contribution >= 4 is 17.3 Å². The number of hydrogen-bond acceptors (Lipinski definition) is 6. The van der Waals surface area contributed by atoms with E-state index in [0.717, 1.165) is 6.07 Å². The van der Waals surface area contributed by atoms with E-state index in [-0.39, 0.29) is 35.2 Å². The number of nitro groups is 1. The van der Waals surface area contributed by atoms with Crippen molar-refractivity contribution in [3.63, 3.8) is 0 Å². The van der Waals surface area contributed by atoms with E-state index >= 15 is 0 Å². The number of anilines is 1. The summed E-state index contributed by atoms with van der Waals surface area (Å²) in [4.78, 5) is 25.2. The molecule has 1 heterocycles. The first kappa shape index (κ1) is 17.3. The number of para-hydroxylation sites is 1. The number of aromatic hydroxyl groups is 1. The van der Waals surface area contributed by atoms with Crippen LogP contribution in [0.4, 0.5) is 11.4 Å². The average Bonchev–Trinajstić information content (AvgIpc) is 2.63. The zero-order valence-corrected chi connectivity index (χ0v) is 14.0. The molecule has 0 saturated carbocycles. The fourth-order valence-electron chi connectivity index (χ4n) is 2.98. The summed E-state index contributed by atoms with van der Waals surface area (Å²) in [6.45, 7) is 3.84. The van der Waals surface area contributed by atoms with Crippen LogP contribution in [0, 0.1) is 10.1 Å². The normalized spacial score (nSPS) is 15.8. The smallest absolute Gasteiger partial charge is 0.280 e. The van der Waals surface area contributed by atoms with Crippen LogP contribution >= 0.6 is 0 Å². The van der Waals surface area contributed by atoms with Gasteiger partial charge in [0.15, 0.2) is 11.5 Å². The molecule has 0 aromatic heterocycles. The maximum atomic E-state index is 12.9. The van der Waals surface area contributed by atoms with E-state index in [1.54, 1.807) is 30.3 Å². The van der Waals surface area contributed by atoms with Gasteiger partial charge in [-0.15, -0.1) is 6.58 Å². The zero-order valence-electron chi connectivity index (χ0n) is 14.0. The van der Waals surface area contributed by atoms with Gasteiger partial charge < -0.3 is 20.1 Å². The zero-order chi connectivity index (χ0) is 18.8. The molecule has 26 heavy (non-hydrogen) atoms. The molecule has 1 unspecified atom stereocenters. The Morgan fingerprint density at radius 3 is 2.81 bits per heavy atom. The Bertz CT molecular complexity index is 896. The van der Waals surface area contributed by atoms with E-state index in [2.05, 4.69) is 11.9 Å². The lowest BCUT2D eigenvalue weighted by Crippen LogP contribution is -2.43. The third kappa shape index (κ3) is 2.81. The standard InChI is InChI=1S/C18H17N3O5/c1-3-8-20-17(19-13-7-5-4-6-11(13)18(20)23)12-9-16(26-2)15(22)10-14(12)21(24)25/h3-7,9-10,17,19,22H,1,8H2,2H3. The fraction of sp³-hybridized carbons (Fsp3) is 0.167. The number of phenols is 1. The molecule has 2 aromatic rings. The van der Waals surface area contributed by atoms with Crippen molar-refractivity contribution in [1.29, 1.82) is 0 Å². The molecule has 0 bridgehead atoms. The Hall–Kier alpha value is -3.55. The molecule has 1 aliphatic rings. The number of fused-ring (bicyclic) bond motifs is 1. The van der Waals surface area contributed by atoms with Gasteiger partial charge in [0.25, 0.3) is 11.6 Å². The van der Waals surface area contributed by atoms with E-state index in [9.17, 15) is 20.0 Å². The van der Waals surface area contributed by atoms with E-state index in [1.807, 2.05) is 0 Å². The number of nitrogens with one attached hydrogen (secondary N) is 1. The predicted octanol–water partition coefficient (Wildman–Crippen LogP) is 3.06. The topological polar surface area (TPSA) is 105 Å². The summed E-state index contributed by atoms with van der Waals surface area (Å²) in [6, 6.07) is 9.31. The molecule has 8 heteroatoms. The first-order valence-electron chi connectivity index (χ1n) is 7.80. The maximum Gasteiger partial charge on any atom is 0.280 e. The van der Waals surface area contributed by atoms with Crippen LogP contribution in [-0.4, -0.2) is 34.5 Å². The van der Waals surface area contributed by atoms with Crippen molar-refractivity contribution < 1.29 is 19.6 Å². The van der Waals surface area contributed by atoms with Crippen LogP contribution in [-0.2, 0) is 0 Å². The van der Waals surface area contributed by atoms with Gasteiger partial charge in [0.1, 0.15) is 6.17 Å². The summed E-state index contributed by atoms with van der Waals surface area (Å²) >= 11 is 0. The van der Waals surface area contributed by atoms with Crippen molar-refractivity contribution in [3.05, 3.63) is 70.3 Å². The summed E-state index contributed by atoms with van der Waals surface area (Å²) in [6.07, 6.45) is 0.731. The number of hydrogen-bond donors (Lipinski definition) is 2. The largest absolute Gasteiger partial charge is 0.504 e. The first-order valence-corrected chi connectivity index (χ1v) is 7.80. The van der Waals surface area contributed by atoms with Crippen molar-refractivity contribution in [2.24, 2.45) is 0 Å². The Balaban J connectivity index is 2.19. The van der Waals surface area contributed by atoms with Crippen molar-refractivity contribution in [2.75, 3.05) is 19.0 Å². The number of benzene rings is 2. The van der Waals surface area contributed by atoms with E-state index < -0.39 is 11.1 Å². The molecule has 8 nitrogen and oxygen atoms in total.